The molecule has 0 saturated carbocycles. The molecule has 2 heteroatoms. The second-order valence-electron chi connectivity index (χ2n) is 7.17. The topological polar surface area (TPSA) is 15.8 Å². The Balaban J connectivity index is 1.53. The van der Waals surface area contributed by atoms with Crippen LogP contribution in [-0.2, 0) is 0 Å². The van der Waals surface area contributed by atoms with Gasteiger partial charge in [-0.05, 0) is 58.7 Å². The number of H-pyrrole nitrogens is 1. The van der Waals surface area contributed by atoms with Gasteiger partial charge in [-0.15, -0.1) is 11.3 Å². The summed E-state index contributed by atoms with van der Waals surface area (Å²) in [7, 11) is 0. The molecule has 0 aliphatic carbocycles. The summed E-state index contributed by atoms with van der Waals surface area (Å²) >= 11 is 1.87. The molecule has 6 aromatic rings. The van der Waals surface area contributed by atoms with Gasteiger partial charge in [0.2, 0.25) is 0 Å². The van der Waals surface area contributed by atoms with Gasteiger partial charge in [-0.2, -0.15) is 0 Å². The third kappa shape index (κ3) is 2.46. The quantitative estimate of drug-likeness (QED) is 0.317. The van der Waals surface area contributed by atoms with Crippen molar-refractivity contribution in [3.05, 3.63) is 97.2 Å². The molecule has 0 radical (unpaired) electrons. The first-order valence-electron chi connectivity index (χ1n) is 9.44. The maximum absolute atomic E-state index is 3.34. The van der Waals surface area contributed by atoms with Crippen LogP contribution in [0.3, 0.4) is 0 Å². The Labute approximate surface area is 166 Å². The molecule has 0 aliphatic heterocycles. The van der Waals surface area contributed by atoms with Gasteiger partial charge in [0.05, 0.1) is 0 Å². The number of fused-ring (bicyclic) bond motifs is 4. The average molecular weight is 375 g/mol. The van der Waals surface area contributed by atoms with Gasteiger partial charge in [0, 0.05) is 37.3 Å². The monoisotopic (exact) mass is 375 g/mol. The van der Waals surface area contributed by atoms with E-state index in [2.05, 4.69) is 96.0 Å². The van der Waals surface area contributed by atoms with Crippen molar-refractivity contribution in [2.75, 3.05) is 0 Å². The number of thiophene rings is 1. The third-order valence-electron chi connectivity index (χ3n) is 5.45. The average Bonchev–Trinajstić information content (AvgIpc) is 3.36. The molecule has 1 nitrogen and oxygen atoms in total. The molecule has 6 rings (SSSR count). The van der Waals surface area contributed by atoms with Crippen molar-refractivity contribution in [3.8, 4) is 22.3 Å². The van der Waals surface area contributed by atoms with Crippen molar-refractivity contribution in [1.29, 1.82) is 0 Å². The van der Waals surface area contributed by atoms with Gasteiger partial charge in [-0.1, -0.05) is 54.6 Å². The summed E-state index contributed by atoms with van der Waals surface area (Å²) in [6, 6.07) is 32.9. The van der Waals surface area contributed by atoms with E-state index in [0.717, 1.165) is 0 Å². The van der Waals surface area contributed by atoms with E-state index in [1.54, 1.807) is 0 Å². The number of rotatable bonds is 2. The molecule has 28 heavy (non-hydrogen) atoms. The van der Waals surface area contributed by atoms with Crippen LogP contribution >= 0.6 is 11.3 Å². The van der Waals surface area contributed by atoms with Gasteiger partial charge in [-0.25, -0.2) is 0 Å². The fraction of sp³-hybridized carbons (Fsp3) is 0. The van der Waals surface area contributed by atoms with Crippen molar-refractivity contribution in [1.82, 2.24) is 4.98 Å². The van der Waals surface area contributed by atoms with Gasteiger partial charge in [-0.3, -0.25) is 0 Å². The second-order valence-corrected chi connectivity index (χ2v) is 8.26. The molecule has 0 aliphatic rings. The Kier molecular flexibility index (Phi) is 3.40. The molecular formula is C26H17NS. The van der Waals surface area contributed by atoms with Crippen LogP contribution in [0.25, 0.3) is 53.3 Å². The minimum absolute atomic E-state index is 1.20. The molecule has 0 atom stereocenters. The van der Waals surface area contributed by atoms with Crippen LogP contribution in [0, 0.1) is 0 Å². The van der Waals surface area contributed by atoms with Gasteiger partial charge in [0.1, 0.15) is 0 Å². The largest absolute Gasteiger partial charge is 0.361 e. The molecule has 0 spiro atoms. The Morgan fingerprint density at radius 1 is 0.536 bits per heavy atom. The first-order valence-corrected chi connectivity index (χ1v) is 10.3. The summed E-state index contributed by atoms with van der Waals surface area (Å²) in [5, 5.41) is 3.94. The zero-order chi connectivity index (χ0) is 18.5. The van der Waals surface area contributed by atoms with Crippen molar-refractivity contribution >= 4 is 42.4 Å². The lowest BCUT2D eigenvalue weighted by atomic mass is 9.98. The minimum Gasteiger partial charge on any atom is -0.361 e. The predicted octanol–water partition coefficient (Wildman–Crippen LogP) is 7.87. The first kappa shape index (κ1) is 15.7. The third-order valence-corrected chi connectivity index (χ3v) is 6.58. The lowest BCUT2D eigenvalue weighted by Crippen LogP contribution is -1.81. The van der Waals surface area contributed by atoms with Crippen molar-refractivity contribution in [2.24, 2.45) is 0 Å². The number of hydrogen-bond donors (Lipinski definition) is 1. The minimum atomic E-state index is 1.20. The number of aromatic nitrogens is 1. The van der Waals surface area contributed by atoms with E-state index in [0.29, 0.717) is 0 Å². The molecule has 0 saturated heterocycles. The number of aromatic amines is 1. The number of benzene rings is 4. The van der Waals surface area contributed by atoms with Crippen molar-refractivity contribution in [3.63, 3.8) is 0 Å². The van der Waals surface area contributed by atoms with E-state index in [1.807, 2.05) is 17.5 Å². The van der Waals surface area contributed by atoms with E-state index < -0.39 is 0 Å². The Morgan fingerprint density at radius 2 is 1.29 bits per heavy atom. The smallest absolute Gasteiger partial charge is 0.0461 e. The highest BCUT2D eigenvalue weighted by atomic mass is 32.1. The maximum Gasteiger partial charge on any atom is 0.0461 e. The van der Waals surface area contributed by atoms with Crippen LogP contribution in [0.15, 0.2) is 97.2 Å². The molecule has 132 valence electrons. The van der Waals surface area contributed by atoms with Crippen molar-refractivity contribution < 1.29 is 0 Å². The van der Waals surface area contributed by atoms with E-state index >= 15 is 0 Å². The lowest BCUT2D eigenvalue weighted by molar-refractivity contribution is 1.48. The van der Waals surface area contributed by atoms with Crippen LogP contribution in [0.1, 0.15) is 0 Å². The Morgan fingerprint density at radius 3 is 2.18 bits per heavy atom. The summed E-state index contributed by atoms with van der Waals surface area (Å²) in [4.78, 5) is 3.34. The standard InChI is InChI=1S/C26H17NS/c1-2-5-17(6-3-1)18-7-4-8-19(13-18)20-9-10-25-22(14-20)23-16-24-21(11-12-27-24)15-26(23)28-25/h1-16,27H. The van der Waals surface area contributed by atoms with Crippen LogP contribution in [0.2, 0.25) is 0 Å². The summed E-state index contributed by atoms with van der Waals surface area (Å²) in [6.45, 7) is 0. The highest BCUT2D eigenvalue weighted by Gasteiger charge is 2.09. The van der Waals surface area contributed by atoms with Gasteiger partial charge in [0.15, 0.2) is 0 Å². The summed E-state index contributed by atoms with van der Waals surface area (Å²) in [6.07, 6.45) is 2.01. The van der Waals surface area contributed by atoms with Gasteiger partial charge < -0.3 is 4.98 Å². The van der Waals surface area contributed by atoms with Crippen LogP contribution in [0.4, 0.5) is 0 Å². The van der Waals surface area contributed by atoms with Crippen molar-refractivity contribution in [2.45, 2.75) is 0 Å². The second kappa shape index (κ2) is 6.08. The summed E-state index contributed by atoms with van der Waals surface area (Å²) in [5.74, 6) is 0. The normalized spacial score (nSPS) is 11.6. The summed E-state index contributed by atoms with van der Waals surface area (Å²) < 4.78 is 2.68. The number of nitrogens with one attached hydrogen (secondary N) is 1. The van der Waals surface area contributed by atoms with E-state index in [9.17, 15) is 0 Å². The highest BCUT2D eigenvalue weighted by Crippen LogP contribution is 2.38. The zero-order valence-corrected chi connectivity index (χ0v) is 16.0. The SMILES string of the molecule is c1ccc(-c2cccc(-c3ccc4sc5cc6cc[nH]c6cc5c4c3)c2)cc1. The molecule has 0 fully saturated rings. The van der Waals surface area contributed by atoms with Crippen LogP contribution < -0.4 is 0 Å². The molecular weight excluding hydrogens is 358 g/mol. The fourth-order valence-corrected chi connectivity index (χ4v) is 5.13. The molecule has 2 aromatic heterocycles. The molecule has 0 amide bonds. The van der Waals surface area contributed by atoms with E-state index in [-0.39, 0.29) is 0 Å². The van der Waals surface area contributed by atoms with Gasteiger partial charge >= 0.3 is 0 Å². The summed E-state index contributed by atoms with van der Waals surface area (Å²) in [5.41, 5.74) is 6.21. The zero-order valence-electron chi connectivity index (χ0n) is 15.1. The lowest BCUT2D eigenvalue weighted by Gasteiger charge is -2.06. The van der Waals surface area contributed by atoms with E-state index in [4.69, 9.17) is 0 Å². The maximum atomic E-state index is 3.34. The molecule has 1 N–H and O–H groups in total. The van der Waals surface area contributed by atoms with E-state index in [1.165, 1.54) is 53.3 Å². The molecule has 2 heterocycles. The number of hydrogen-bond acceptors (Lipinski definition) is 1. The van der Waals surface area contributed by atoms with Crippen LogP contribution in [-0.4, -0.2) is 4.98 Å². The van der Waals surface area contributed by atoms with Gasteiger partial charge in [0.25, 0.3) is 0 Å². The highest BCUT2D eigenvalue weighted by molar-refractivity contribution is 7.25. The molecule has 0 bridgehead atoms. The molecule has 4 aromatic carbocycles. The first-order chi connectivity index (χ1) is 13.8. The predicted molar refractivity (Wildman–Crippen MR) is 122 cm³/mol. The Bertz CT molecular complexity index is 1450. The van der Waals surface area contributed by atoms with Crippen LogP contribution in [0.5, 0.6) is 0 Å². The fourth-order valence-electron chi connectivity index (χ4n) is 4.01. The molecule has 0 unspecified atom stereocenters. The Hall–Kier alpha value is -3.36.